The van der Waals surface area contributed by atoms with Crippen LogP contribution in [0.3, 0.4) is 0 Å². The van der Waals surface area contributed by atoms with Gasteiger partial charge in [-0.05, 0) is 92.0 Å². The molecule has 0 aliphatic carbocycles. The molecule has 8 heteroatoms. The second kappa shape index (κ2) is 15.0. The molecule has 1 aliphatic heterocycles. The second-order valence-electron chi connectivity index (χ2n) is 17.0. The second-order valence-corrected chi connectivity index (χ2v) is 17.0. The molecule has 0 N–H and O–H groups in total. The zero-order valence-corrected chi connectivity index (χ0v) is 36.2. The molecule has 9 rings (SSSR count). The zero-order chi connectivity index (χ0) is 46.4. The van der Waals surface area contributed by atoms with Gasteiger partial charge >= 0.3 is 27.1 Å². The minimum Gasteiger partial charge on any atom is -0.380 e. The molecule has 5 nitrogen and oxygen atoms in total. The van der Waals surface area contributed by atoms with Gasteiger partial charge in [0, 0.05) is 38.1 Å². The van der Waals surface area contributed by atoms with Crippen molar-refractivity contribution in [1.82, 2.24) is 23.7 Å². The van der Waals surface area contributed by atoms with Gasteiger partial charge in [0.2, 0.25) is 5.69 Å². The van der Waals surface area contributed by atoms with Crippen LogP contribution in [0.5, 0.6) is 0 Å². The van der Waals surface area contributed by atoms with Crippen LogP contribution in [0, 0.1) is 25.8 Å². The number of hydrogen-bond acceptors (Lipinski definition) is 2. The Hall–Kier alpha value is -5.87. The molecular formula is C52H45F2N5Pt+2. The Morgan fingerprint density at radius 1 is 0.667 bits per heavy atom. The van der Waals surface area contributed by atoms with Crippen molar-refractivity contribution in [2.24, 2.45) is 0 Å². The number of aryl methyl sites for hydroxylation is 2. The summed E-state index contributed by atoms with van der Waals surface area (Å²) in [6.07, 6.45) is 2.91. The zero-order valence-electron chi connectivity index (χ0n) is 39.9. The number of rotatable bonds is 6. The number of fused-ring (bicyclic) bond motifs is 4. The van der Waals surface area contributed by atoms with E-state index in [9.17, 15) is 0 Å². The maximum Gasteiger partial charge on any atom is 2.00 e. The monoisotopic (exact) mass is 978 g/mol. The molecule has 0 radical (unpaired) electrons. The molecule has 60 heavy (non-hydrogen) atoms. The van der Waals surface area contributed by atoms with Crippen molar-refractivity contribution in [3.05, 3.63) is 173 Å². The summed E-state index contributed by atoms with van der Waals surface area (Å²) >= 11 is 0. The van der Waals surface area contributed by atoms with Gasteiger partial charge in [-0.1, -0.05) is 136 Å². The number of para-hydroxylation sites is 4. The summed E-state index contributed by atoms with van der Waals surface area (Å²) in [5.41, 5.74) is 3.75. The Balaban J connectivity index is 0.00000592. The molecule has 5 aromatic carbocycles. The molecule has 0 amide bonds. The molecule has 300 valence electrons. The van der Waals surface area contributed by atoms with Crippen molar-refractivity contribution in [1.29, 1.82) is 0 Å². The van der Waals surface area contributed by atoms with Gasteiger partial charge in [-0.15, -0.1) is 11.6 Å². The van der Waals surface area contributed by atoms with Crippen LogP contribution in [0.1, 0.15) is 83.1 Å². The minimum atomic E-state index is -3.64. The van der Waals surface area contributed by atoms with E-state index < -0.39 is 36.2 Å². The van der Waals surface area contributed by atoms with E-state index in [1.165, 1.54) is 30.5 Å². The Morgan fingerprint density at radius 3 is 2.02 bits per heavy atom. The van der Waals surface area contributed by atoms with Gasteiger partial charge in [0.15, 0.2) is 0 Å². The quantitative estimate of drug-likeness (QED) is 0.123. The van der Waals surface area contributed by atoms with Crippen LogP contribution in [-0.4, -0.2) is 20.5 Å². The van der Waals surface area contributed by atoms with Crippen molar-refractivity contribution in [2.45, 2.75) is 72.0 Å². The third-order valence-corrected chi connectivity index (χ3v) is 10.9. The molecule has 0 atom stereocenters. The van der Waals surface area contributed by atoms with Crippen molar-refractivity contribution in [2.75, 3.05) is 0 Å². The molecule has 8 aromatic rings. The molecule has 0 saturated heterocycles. The molecule has 0 fully saturated rings. The van der Waals surface area contributed by atoms with Gasteiger partial charge in [0.1, 0.15) is 11.5 Å². The Morgan fingerprint density at radius 2 is 1.32 bits per heavy atom. The predicted molar refractivity (Wildman–Crippen MR) is 237 cm³/mol. The summed E-state index contributed by atoms with van der Waals surface area (Å²) in [7, 11) is 0. The summed E-state index contributed by atoms with van der Waals surface area (Å²) < 4.78 is 90.6. The number of halogens is 2. The number of alkyl halides is 2. The first-order valence-corrected chi connectivity index (χ1v) is 19.5. The molecule has 3 aromatic heterocycles. The average Bonchev–Trinajstić information content (AvgIpc) is 3.81. The first kappa shape index (κ1) is 33.9. The number of aromatic nitrogens is 3. The van der Waals surface area contributed by atoms with E-state index in [4.69, 9.17) is 13.2 Å². The number of pyridine rings is 2. The molecule has 4 heterocycles. The molecule has 0 unspecified atom stereocenters. The summed E-state index contributed by atoms with van der Waals surface area (Å²) in [4.78, 5) is 9.36. The largest absolute Gasteiger partial charge is 2.00 e. The van der Waals surface area contributed by atoms with Gasteiger partial charge in [-0.3, -0.25) is 0 Å². The van der Waals surface area contributed by atoms with E-state index in [0.717, 1.165) is 16.5 Å². The van der Waals surface area contributed by atoms with E-state index in [2.05, 4.69) is 43.9 Å². The molecular weight excluding hydrogens is 928 g/mol. The van der Waals surface area contributed by atoms with Crippen LogP contribution in [0.2, 0.25) is 0 Å². The van der Waals surface area contributed by atoms with Crippen LogP contribution in [0.25, 0.3) is 38.9 Å². The fourth-order valence-corrected chi connectivity index (χ4v) is 7.72. The van der Waals surface area contributed by atoms with Crippen LogP contribution in [0.4, 0.5) is 31.5 Å². The first-order chi connectivity index (χ1) is 30.5. The smallest absolute Gasteiger partial charge is 0.380 e. The van der Waals surface area contributed by atoms with Crippen molar-refractivity contribution >= 4 is 50.7 Å². The van der Waals surface area contributed by atoms with E-state index in [1.54, 1.807) is 39.6 Å². The van der Waals surface area contributed by atoms with E-state index in [0.29, 0.717) is 45.0 Å². The van der Waals surface area contributed by atoms with Crippen LogP contribution < -0.4 is 9.15 Å². The Labute approximate surface area is 373 Å². The van der Waals surface area contributed by atoms with Crippen LogP contribution >= 0.6 is 0 Å². The van der Waals surface area contributed by atoms with Crippen molar-refractivity contribution in [3.8, 4) is 16.9 Å². The van der Waals surface area contributed by atoms with Crippen molar-refractivity contribution < 1.29 is 38.1 Å². The summed E-state index contributed by atoms with van der Waals surface area (Å²) in [6.45, 7) is 6.88. The summed E-state index contributed by atoms with van der Waals surface area (Å²) in [6, 6.07) is 42.9. The molecule has 0 spiro atoms. The van der Waals surface area contributed by atoms with E-state index in [-0.39, 0.29) is 48.9 Å². The van der Waals surface area contributed by atoms with E-state index in [1.807, 2.05) is 92.1 Å². The Bertz CT molecular complexity index is 3270. The average molecular weight is 979 g/mol. The van der Waals surface area contributed by atoms with Gasteiger partial charge in [-0.2, -0.15) is 6.07 Å². The number of hydrogen-bond donors (Lipinski definition) is 0. The van der Waals surface area contributed by atoms with Crippen LogP contribution in [0.15, 0.2) is 128 Å². The third kappa shape index (κ3) is 6.94. The van der Waals surface area contributed by atoms with Crippen LogP contribution in [-0.2, 0) is 37.8 Å². The molecule has 1 aliphatic rings. The van der Waals surface area contributed by atoms with Gasteiger partial charge in [-0.25, -0.2) is 13.8 Å². The number of nitrogens with zero attached hydrogens (tertiary/aromatic N) is 5. The summed E-state index contributed by atoms with van der Waals surface area (Å²) in [5, 5.41) is 0.779. The maximum atomic E-state index is 17.5. The molecule has 0 saturated carbocycles. The SMILES string of the molecule is [2H]C([2H])([2H])c1cccc(C([2H])([2H])[2H])c1-c1ccccc1[N+]1=C=[N+](c2[c-]c(C(F)(F)c3[c-]c4c(nc3)c3ccccc3n4-c3cc(C(C)(C)C)ccn3)cc(C(C)(C)C)c2)c2ccccc21.[Pt+2]. The predicted octanol–water partition coefficient (Wildman–Crippen LogP) is 13.0. The van der Waals surface area contributed by atoms with Gasteiger partial charge in [0.25, 0.3) is 17.3 Å². The topological polar surface area (TPSA) is 36.7 Å². The fourth-order valence-electron chi connectivity index (χ4n) is 7.72. The van der Waals surface area contributed by atoms with Gasteiger partial charge < -0.3 is 9.55 Å². The van der Waals surface area contributed by atoms with Crippen molar-refractivity contribution in [3.63, 3.8) is 0 Å². The minimum absolute atomic E-state index is 0. The van der Waals surface area contributed by atoms with E-state index >= 15 is 8.78 Å². The number of benzene rings is 5. The Kier molecular flexibility index (Phi) is 8.47. The fraction of sp³-hybridized carbons (Fsp3) is 0.212. The first-order valence-electron chi connectivity index (χ1n) is 22.5. The third-order valence-electron chi connectivity index (χ3n) is 10.9. The molecule has 0 bridgehead atoms. The standard InChI is InChI=1S/C52H45F2N5.Pt/c1-33-16-15-17-34(2)48(33)40-18-9-11-20-42(40)58-32-57(44-22-13-14-23-45(44)58)39-27-36(51(6,7)8)26-37(28-39)52(53,54)38-29-46-49(56-31-38)41-19-10-12-21-43(41)59(46)47-30-35(24-25-55-47)50(3,4)5;/h9-27,30-31H,1-8H3;/q;+2/i1D3,2D3;. The maximum absolute atomic E-state index is 17.5. The normalized spacial score (nSPS) is 14.9. The van der Waals surface area contributed by atoms with Gasteiger partial charge in [0.05, 0.1) is 5.56 Å². The summed E-state index contributed by atoms with van der Waals surface area (Å²) in [5.74, 6) is -3.08.